The second-order valence-corrected chi connectivity index (χ2v) is 4.19. The van der Waals surface area contributed by atoms with E-state index in [1.807, 2.05) is 12.1 Å². The van der Waals surface area contributed by atoms with Gasteiger partial charge in [-0.05, 0) is 24.6 Å². The van der Waals surface area contributed by atoms with Gasteiger partial charge in [-0.2, -0.15) is 0 Å². The zero-order valence-electron chi connectivity index (χ0n) is 9.11. The molecule has 1 saturated heterocycles. The maximum absolute atomic E-state index is 9.38. The summed E-state index contributed by atoms with van der Waals surface area (Å²) < 4.78 is 0. The van der Waals surface area contributed by atoms with Gasteiger partial charge in [0, 0.05) is 32.2 Å². The van der Waals surface area contributed by atoms with Gasteiger partial charge in [-0.3, -0.25) is 4.90 Å². The van der Waals surface area contributed by atoms with Gasteiger partial charge < -0.3 is 10.4 Å². The van der Waals surface area contributed by atoms with E-state index in [4.69, 9.17) is 0 Å². The fraction of sp³-hybridized carbons (Fsp3) is 0.500. The molecule has 1 aliphatic heterocycles. The standard InChI is InChI=1S/C12H18N2O/c1-10-8-13-5-6-14(10)9-11-3-2-4-12(15)7-11/h2-4,7,10,13,15H,5-6,8-9H2,1H3/t10-/m1/s1. The number of phenolic OH excluding ortho intramolecular Hbond substituents is 1. The van der Waals surface area contributed by atoms with Crippen molar-refractivity contribution in [3.63, 3.8) is 0 Å². The second-order valence-electron chi connectivity index (χ2n) is 4.19. The molecule has 0 spiro atoms. The van der Waals surface area contributed by atoms with Crippen LogP contribution in [0.2, 0.25) is 0 Å². The van der Waals surface area contributed by atoms with Crippen molar-refractivity contribution in [1.29, 1.82) is 0 Å². The number of nitrogens with zero attached hydrogens (tertiary/aromatic N) is 1. The third-order valence-corrected chi connectivity index (χ3v) is 2.94. The first-order valence-electron chi connectivity index (χ1n) is 5.48. The maximum Gasteiger partial charge on any atom is 0.115 e. The Kier molecular flexibility index (Phi) is 3.23. The van der Waals surface area contributed by atoms with Crippen LogP contribution in [0.5, 0.6) is 5.75 Å². The Morgan fingerprint density at radius 2 is 2.40 bits per heavy atom. The summed E-state index contributed by atoms with van der Waals surface area (Å²) in [5.74, 6) is 0.357. The van der Waals surface area contributed by atoms with Crippen LogP contribution >= 0.6 is 0 Å². The highest BCUT2D eigenvalue weighted by atomic mass is 16.3. The van der Waals surface area contributed by atoms with Crippen LogP contribution < -0.4 is 5.32 Å². The molecule has 0 aliphatic carbocycles. The summed E-state index contributed by atoms with van der Waals surface area (Å²) in [6, 6.07) is 8.09. The second kappa shape index (κ2) is 4.64. The van der Waals surface area contributed by atoms with E-state index in [1.54, 1.807) is 6.07 Å². The van der Waals surface area contributed by atoms with Gasteiger partial charge in [0.15, 0.2) is 0 Å². The maximum atomic E-state index is 9.38. The summed E-state index contributed by atoms with van der Waals surface area (Å²) in [5.41, 5.74) is 1.18. The van der Waals surface area contributed by atoms with Crippen LogP contribution in [0.4, 0.5) is 0 Å². The van der Waals surface area contributed by atoms with E-state index in [-0.39, 0.29) is 0 Å². The van der Waals surface area contributed by atoms with Crippen molar-refractivity contribution in [2.24, 2.45) is 0 Å². The molecule has 1 fully saturated rings. The van der Waals surface area contributed by atoms with E-state index in [0.29, 0.717) is 11.8 Å². The normalized spacial score (nSPS) is 22.9. The van der Waals surface area contributed by atoms with Crippen molar-refractivity contribution in [3.8, 4) is 5.75 Å². The minimum Gasteiger partial charge on any atom is -0.508 e. The lowest BCUT2D eigenvalue weighted by Gasteiger charge is -2.33. The minimum atomic E-state index is 0.357. The molecule has 0 unspecified atom stereocenters. The smallest absolute Gasteiger partial charge is 0.115 e. The SMILES string of the molecule is C[C@@H]1CNCCN1Cc1cccc(O)c1. The molecular weight excluding hydrogens is 188 g/mol. The molecule has 0 radical (unpaired) electrons. The van der Waals surface area contributed by atoms with Gasteiger partial charge in [-0.1, -0.05) is 12.1 Å². The molecule has 1 aliphatic rings. The highest BCUT2D eigenvalue weighted by molar-refractivity contribution is 5.27. The Bertz CT molecular complexity index is 327. The molecule has 3 nitrogen and oxygen atoms in total. The lowest BCUT2D eigenvalue weighted by atomic mass is 10.1. The summed E-state index contributed by atoms with van der Waals surface area (Å²) in [6.07, 6.45) is 0. The molecule has 1 heterocycles. The summed E-state index contributed by atoms with van der Waals surface area (Å²) >= 11 is 0. The van der Waals surface area contributed by atoms with Gasteiger partial charge in [0.25, 0.3) is 0 Å². The van der Waals surface area contributed by atoms with E-state index in [1.165, 1.54) is 5.56 Å². The number of hydrogen-bond acceptors (Lipinski definition) is 3. The van der Waals surface area contributed by atoms with Crippen molar-refractivity contribution in [2.75, 3.05) is 19.6 Å². The van der Waals surface area contributed by atoms with Crippen molar-refractivity contribution in [1.82, 2.24) is 10.2 Å². The predicted octanol–water partition coefficient (Wildman–Crippen LogP) is 1.19. The van der Waals surface area contributed by atoms with E-state index < -0.39 is 0 Å². The fourth-order valence-electron chi connectivity index (χ4n) is 2.01. The van der Waals surface area contributed by atoms with Crippen molar-refractivity contribution in [2.45, 2.75) is 19.5 Å². The first kappa shape index (κ1) is 10.5. The largest absolute Gasteiger partial charge is 0.508 e. The highest BCUT2D eigenvalue weighted by Crippen LogP contribution is 2.14. The molecule has 1 aromatic rings. The lowest BCUT2D eigenvalue weighted by molar-refractivity contribution is 0.165. The molecule has 15 heavy (non-hydrogen) atoms. The van der Waals surface area contributed by atoms with Gasteiger partial charge in [0.2, 0.25) is 0 Å². The van der Waals surface area contributed by atoms with Crippen LogP contribution in [-0.2, 0) is 6.54 Å². The Morgan fingerprint density at radius 3 is 3.13 bits per heavy atom. The van der Waals surface area contributed by atoms with Gasteiger partial charge in [0.1, 0.15) is 5.75 Å². The van der Waals surface area contributed by atoms with Crippen LogP contribution in [-0.4, -0.2) is 35.7 Å². The Hall–Kier alpha value is -1.06. The molecule has 1 atom stereocenters. The van der Waals surface area contributed by atoms with Crippen molar-refractivity contribution < 1.29 is 5.11 Å². The Labute approximate surface area is 90.7 Å². The topological polar surface area (TPSA) is 35.5 Å². The van der Waals surface area contributed by atoms with E-state index in [2.05, 4.69) is 23.2 Å². The molecule has 0 amide bonds. The molecule has 0 saturated carbocycles. The third-order valence-electron chi connectivity index (χ3n) is 2.94. The number of piperazine rings is 1. The van der Waals surface area contributed by atoms with Crippen LogP contribution in [0, 0.1) is 0 Å². The van der Waals surface area contributed by atoms with E-state index >= 15 is 0 Å². The summed E-state index contributed by atoms with van der Waals surface area (Å²) in [5, 5.41) is 12.7. The quantitative estimate of drug-likeness (QED) is 0.763. The first-order chi connectivity index (χ1) is 7.25. The molecule has 3 heteroatoms. The monoisotopic (exact) mass is 206 g/mol. The average Bonchev–Trinajstić information content (AvgIpc) is 2.22. The van der Waals surface area contributed by atoms with E-state index in [0.717, 1.165) is 26.2 Å². The van der Waals surface area contributed by atoms with Crippen LogP contribution in [0.3, 0.4) is 0 Å². The van der Waals surface area contributed by atoms with Crippen LogP contribution in [0.1, 0.15) is 12.5 Å². The minimum absolute atomic E-state index is 0.357. The Morgan fingerprint density at radius 1 is 1.53 bits per heavy atom. The summed E-state index contributed by atoms with van der Waals surface area (Å²) in [4.78, 5) is 2.44. The molecule has 2 N–H and O–H groups in total. The molecule has 1 aromatic carbocycles. The zero-order chi connectivity index (χ0) is 10.7. The fourth-order valence-corrected chi connectivity index (χ4v) is 2.01. The molecule has 2 rings (SSSR count). The number of rotatable bonds is 2. The van der Waals surface area contributed by atoms with Crippen LogP contribution in [0.25, 0.3) is 0 Å². The van der Waals surface area contributed by atoms with Crippen molar-refractivity contribution in [3.05, 3.63) is 29.8 Å². The van der Waals surface area contributed by atoms with Gasteiger partial charge in [0.05, 0.1) is 0 Å². The predicted molar refractivity (Wildman–Crippen MR) is 60.8 cm³/mol. The van der Waals surface area contributed by atoms with Gasteiger partial charge in [-0.15, -0.1) is 0 Å². The Balaban J connectivity index is 2.01. The number of benzene rings is 1. The van der Waals surface area contributed by atoms with Gasteiger partial charge in [-0.25, -0.2) is 0 Å². The lowest BCUT2D eigenvalue weighted by Crippen LogP contribution is -2.49. The van der Waals surface area contributed by atoms with Gasteiger partial charge >= 0.3 is 0 Å². The number of nitrogens with one attached hydrogen (secondary N) is 1. The summed E-state index contributed by atoms with van der Waals surface area (Å²) in [7, 11) is 0. The number of hydrogen-bond donors (Lipinski definition) is 2. The number of aromatic hydroxyl groups is 1. The molecule has 0 bridgehead atoms. The number of phenols is 1. The zero-order valence-corrected chi connectivity index (χ0v) is 9.11. The third kappa shape index (κ3) is 2.70. The average molecular weight is 206 g/mol. The van der Waals surface area contributed by atoms with Crippen LogP contribution in [0.15, 0.2) is 24.3 Å². The van der Waals surface area contributed by atoms with E-state index in [9.17, 15) is 5.11 Å². The summed E-state index contributed by atoms with van der Waals surface area (Å²) in [6.45, 7) is 6.35. The molecule has 0 aromatic heterocycles. The van der Waals surface area contributed by atoms with Crippen molar-refractivity contribution >= 4 is 0 Å². The first-order valence-corrected chi connectivity index (χ1v) is 5.48. The molecular formula is C12H18N2O. The molecule has 82 valence electrons. The highest BCUT2D eigenvalue weighted by Gasteiger charge is 2.17.